The zero-order valence-electron chi connectivity index (χ0n) is 9.84. The van der Waals surface area contributed by atoms with Gasteiger partial charge in [0.05, 0.1) is 0 Å². The van der Waals surface area contributed by atoms with E-state index in [2.05, 4.69) is 18.9 Å². The normalized spacial score (nSPS) is 27.4. The molecule has 1 aliphatic carbocycles. The second kappa shape index (κ2) is 6.41. The van der Waals surface area contributed by atoms with Crippen molar-refractivity contribution < 1.29 is 0 Å². The lowest BCUT2D eigenvalue weighted by atomic mass is 10.00. The molecule has 2 nitrogen and oxygen atoms in total. The van der Waals surface area contributed by atoms with Gasteiger partial charge in [-0.15, -0.1) is 0 Å². The van der Waals surface area contributed by atoms with E-state index in [0.717, 1.165) is 5.92 Å². The van der Waals surface area contributed by atoms with Gasteiger partial charge in [-0.1, -0.05) is 19.8 Å². The lowest BCUT2D eigenvalue weighted by Gasteiger charge is -2.20. The molecule has 0 aromatic heterocycles. The van der Waals surface area contributed by atoms with Crippen LogP contribution in [0, 0.1) is 5.92 Å². The predicted octanol–water partition coefficient (Wildman–Crippen LogP) is 2.24. The fraction of sp³-hybridized carbons (Fsp3) is 1.00. The summed E-state index contributed by atoms with van der Waals surface area (Å²) in [5, 5.41) is 0. The van der Waals surface area contributed by atoms with Crippen LogP contribution in [0.25, 0.3) is 0 Å². The molecule has 84 valence electrons. The largest absolute Gasteiger partial charge is 0.327 e. The van der Waals surface area contributed by atoms with E-state index in [-0.39, 0.29) is 0 Å². The van der Waals surface area contributed by atoms with Crippen LogP contribution in [0.3, 0.4) is 0 Å². The summed E-state index contributed by atoms with van der Waals surface area (Å²) in [6, 6.07) is 0.495. The molecule has 14 heavy (non-hydrogen) atoms. The van der Waals surface area contributed by atoms with Crippen LogP contribution in [0.15, 0.2) is 0 Å². The van der Waals surface area contributed by atoms with Gasteiger partial charge in [0, 0.05) is 6.04 Å². The Labute approximate surface area is 88.8 Å². The molecule has 0 amide bonds. The van der Waals surface area contributed by atoms with E-state index < -0.39 is 0 Å². The Balaban J connectivity index is 2.07. The highest BCUT2D eigenvalue weighted by Crippen LogP contribution is 2.26. The quantitative estimate of drug-likeness (QED) is 0.709. The average molecular weight is 198 g/mol. The topological polar surface area (TPSA) is 29.3 Å². The summed E-state index contributed by atoms with van der Waals surface area (Å²) < 4.78 is 0. The molecule has 2 unspecified atom stereocenters. The Bertz CT molecular complexity index is 147. The molecule has 0 saturated heterocycles. The lowest BCUT2D eigenvalue weighted by molar-refractivity contribution is 0.288. The second-order valence-electron chi connectivity index (χ2n) is 4.80. The first-order valence-electron chi connectivity index (χ1n) is 6.18. The summed E-state index contributed by atoms with van der Waals surface area (Å²) in [7, 11) is 2.23. The summed E-state index contributed by atoms with van der Waals surface area (Å²) in [4.78, 5) is 2.45. The monoisotopic (exact) mass is 198 g/mol. The van der Waals surface area contributed by atoms with E-state index in [1.54, 1.807) is 0 Å². The van der Waals surface area contributed by atoms with Gasteiger partial charge in [-0.05, 0) is 51.7 Å². The summed E-state index contributed by atoms with van der Waals surface area (Å²) in [5.74, 6) is 0.805. The van der Waals surface area contributed by atoms with Gasteiger partial charge in [-0.3, -0.25) is 0 Å². The van der Waals surface area contributed by atoms with Crippen LogP contribution in [0.1, 0.15) is 45.4 Å². The number of rotatable bonds is 6. The van der Waals surface area contributed by atoms with Crippen molar-refractivity contribution in [2.45, 2.75) is 51.5 Å². The fourth-order valence-corrected chi connectivity index (χ4v) is 2.35. The molecule has 0 aromatic rings. The predicted molar refractivity (Wildman–Crippen MR) is 62.3 cm³/mol. The summed E-state index contributed by atoms with van der Waals surface area (Å²) in [5.41, 5.74) is 6.05. The molecule has 0 bridgehead atoms. The van der Waals surface area contributed by atoms with Crippen molar-refractivity contribution in [1.82, 2.24) is 4.90 Å². The van der Waals surface area contributed by atoms with Gasteiger partial charge in [0.25, 0.3) is 0 Å². The standard InChI is InChI=1S/C12H26N2/c1-3-4-9-14(2)10-8-11-6-5-7-12(11)13/h11-12H,3-10,13H2,1-2H3. The summed E-state index contributed by atoms with van der Waals surface area (Å²) in [6.45, 7) is 4.73. The van der Waals surface area contributed by atoms with Gasteiger partial charge in [-0.25, -0.2) is 0 Å². The number of hydrogen-bond donors (Lipinski definition) is 1. The number of hydrogen-bond acceptors (Lipinski definition) is 2. The minimum absolute atomic E-state index is 0.495. The summed E-state index contributed by atoms with van der Waals surface area (Å²) >= 11 is 0. The zero-order chi connectivity index (χ0) is 10.4. The van der Waals surface area contributed by atoms with Crippen LogP contribution in [0.4, 0.5) is 0 Å². The highest BCUT2D eigenvalue weighted by Gasteiger charge is 2.23. The van der Waals surface area contributed by atoms with Crippen LogP contribution in [-0.2, 0) is 0 Å². The molecule has 1 rings (SSSR count). The summed E-state index contributed by atoms with van der Waals surface area (Å²) in [6.07, 6.45) is 7.90. The van der Waals surface area contributed by atoms with E-state index in [0.29, 0.717) is 6.04 Å². The molecule has 0 aromatic carbocycles. The third-order valence-electron chi connectivity index (χ3n) is 3.49. The second-order valence-corrected chi connectivity index (χ2v) is 4.80. The number of nitrogens with two attached hydrogens (primary N) is 1. The van der Waals surface area contributed by atoms with Crippen LogP contribution in [0.5, 0.6) is 0 Å². The maximum absolute atomic E-state index is 6.05. The highest BCUT2D eigenvalue weighted by molar-refractivity contribution is 4.80. The van der Waals surface area contributed by atoms with Gasteiger partial charge in [0.1, 0.15) is 0 Å². The smallest absolute Gasteiger partial charge is 0.00676 e. The molecule has 0 aliphatic heterocycles. The molecule has 0 spiro atoms. The molecule has 0 radical (unpaired) electrons. The number of unbranched alkanes of at least 4 members (excludes halogenated alkanes) is 1. The van der Waals surface area contributed by atoms with E-state index in [9.17, 15) is 0 Å². The van der Waals surface area contributed by atoms with E-state index >= 15 is 0 Å². The molecule has 2 atom stereocenters. The molecule has 1 saturated carbocycles. The van der Waals surface area contributed by atoms with Gasteiger partial charge in [0.15, 0.2) is 0 Å². The molecule has 1 aliphatic rings. The van der Waals surface area contributed by atoms with Crippen LogP contribution < -0.4 is 5.73 Å². The van der Waals surface area contributed by atoms with E-state index in [1.165, 1.54) is 51.6 Å². The van der Waals surface area contributed by atoms with Gasteiger partial charge in [-0.2, -0.15) is 0 Å². The molecule has 0 heterocycles. The van der Waals surface area contributed by atoms with Gasteiger partial charge >= 0.3 is 0 Å². The Morgan fingerprint density at radius 3 is 2.64 bits per heavy atom. The van der Waals surface area contributed by atoms with Crippen LogP contribution in [0.2, 0.25) is 0 Å². The Kier molecular flexibility index (Phi) is 5.49. The van der Waals surface area contributed by atoms with Crippen molar-refractivity contribution in [2.75, 3.05) is 20.1 Å². The van der Waals surface area contributed by atoms with Crippen LogP contribution in [-0.4, -0.2) is 31.1 Å². The molecular weight excluding hydrogens is 172 g/mol. The van der Waals surface area contributed by atoms with E-state index in [4.69, 9.17) is 5.73 Å². The Hall–Kier alpha value is -0.0800. The minimum atomic E-state index is 0.495. The van der Waals surface area contributed by atoms with Crippen molar-refractivity contribution in [1.29, 1.82) is 0 Å². The third kappa shape index (κ3) is 3.97. The third-order valence-corrected chi connectivity index (χ3v) is 3.49. The first-order valence-corrected chi connectivity index (χ1v) is 6.18. The first-order chi connectivity index (χ1) is 6.74. The van der Waals surface area contributed by atoms with Crippen molar-refractivity contribution in [2.24, 2.45) is 11.7 Å². The Morgan fingerprint density at radius 1 is 1.29 bits per heavy atom. The molecular formula is C12H26N2. The Morgan fingerprint density at radius 2 is 2.07 bits per heavy atom. The van der Waals surface area contributed by atoms with Crippen molar-refractivity contribution in [3.05, 3.63) is 0 Å². The fourth-order valence-electron chi connectivity index (χ4n) is 2.35. The van der Waals surface area contributed by atoms with Crippen molar-refractivity contribution >= 4 is 0 Å². The SMILES string of the molecule is CCCCN(C)CCC1CCCC1N. The first kappa shape index (κ1) is 12.0. The number of nitrogens with zero attached hydrogens (tertiary/aromatic N) is 1. The van der Waals surface area contributed by atoms with Crippen molar-refractivity contribution in [3.8, 4) is 0 Å². The van der Waals surface area contributed by atoms with Crippen LogP contribution >= 0.6 is 0 Å². The minimum Gasteiger partial charge on any atom is -0.327 e. The van der Waals surface area contributed by atoms with Crippen molar-refractivity contribution in [3.63, 3.8) is 0 Å². The molecule has 1 fully saturated rings. The average Bonchev–Trinajstić information content (AvgIpc) is 2.58. The maximum atomic E-state index is 6.05. The molecule has 2 N–H and O–H groups in total. The lowest BCUT2D eigenvalue weighted by Crippen LogP contribution is -2.29. The molecule has 2 heteroatoms. The zero-order valence-corrected chi connectivity index (χ0v) is 9.84. The highest BCUT2D eigenvalue weighted by atomic mass is 15.1. The maximum Gasteiger partial charge on any atom is 0.00676 e. The van der Waals surface area contributed by atoms with Gasteiger partial charge in [0.2, 0.25) is 0 Å². The van der Waals surface area contributed by atoms with E-state index in [1.807, 2.05) is 0 Å². The van der Waals surface area contributed by atoms with Gasteiger partial charge < -0.3 is 10.6 Å².